The molecule has 0 bridgehead atoms. The molecule has 0 fully saturated rings. The Kier molecular flexibility index (Phi) is 3.22. The quantitative estimate of drug-likeness (QED) is 0.567. The third kappa shape index (κ3) is 2.71. The molecule has 0 aliphatic heterocycles. The summed E-state index contributed by atoms with van der Waals surface area (Å²) in [7, 11) is 0. The van der Waals surface area contributed by atoms with E-state index in [4.69, 9.17) is 17.3 Å². The van der Waals surface area contributed by atoms with Crippen LogP contribution in [-0.2, 0) is 0 Å². The standard InChI is InChI=1S/C12H9ClN4/c1-8-3-2-4-9(17-8)5-6-10-11(13)15-7-16-12(10)14/h2-4,7H,1H3,(H2,14,15,16). The molecule has 0 amide bonds. The molecule has 2 aromatic rings. The molecule has 17 heavy (non-hydrogen) atoms. The molecule has 2 heterocycles. The van der Waals surface area contributed by atoms with E-state index in [9.17, 15) is 0 Å². The van der Waals surface area contributed by atoms with Crippen LogP contribution in [0.2, 0.25) is 5.15 Å². The molecule has 84 valence electrons. The van der Waals surface area contributed by atoms with Gasteiger partial charge < -0.3 is 5.73 Å². The van der Waals surface area contributed by atoms with Crippen LogP contribution >= 0.6 is 11.6 Å². The van der Waals surface area contributed by atoms with Crippen LogP contribution in [0.3, 0.4) is 0 Å². The minimum Gasteiger partial charge on any atom is -0.383 e. The predicted octanol–water partition coefficient (Wildman–Crippen LogP) is 1.82. The second-order valence-corrected chi connectivity index (χ2v) is 3.70. The number of hydrogen-bond donors (Lipinski definition) is 1. The van der Waals surface area contributed by atoms with Crippen molar-refractivity contribution < 1.29 is 0 Å². The maximum atomic E-state index is 5.87. The SMILES string of the molecule is Cc1cccc(C#Cc2c(N)ncnc2Cl)n1. The van der Waals surface area contributed by atoms with Crippen molar-refractivity contribution in [3.8, 4) is 11.8 Å². The van der Waals surface area contributed by atoms with Crippen LogP contribution < -0.4 is 5.73 Å². The van der Waals surface area contributed by atoms with E-state index < -0.39 is 0 Å². The summed E-state index contributed by atoms with van der Waals surface area (Å²) in [6.07, 6.45) is 1.30. The highest BCUT2D eigenvalue weighted by Gasteiger charge is 2.03. The molecule has 0 radical (unpaired) electrons. The van der Waals surface area contributed by atoms with Gasteiger partial charge in [-0.2, -0.15) is 0 Å². The van der Waals surface area contributed by atoms with Crippen LogP contribution in [0.25, 0.3) is 0 Å². The summed E-state index contributed by atoms with van der Waals surface area (Å²) in [4.78, 5) is 11.9. The number of aromatic nitrogens is 3. The maximum Gasteiger partial charge on any atom is 0.150 e. The minimum absolute atomic E-state index is 0.248. The van der Waals surface area contributed by atoms with Crippen molar-refractivity contribution >= 4 is 17.4 Å². The van der Waals surface area contributed by atoms with Gasteiger partial charge in [-0.15, -0.1) is 0 Å². The second-order valence-electron chi connectivity index (χ2n) is 3.34. The summed E-state index contributed by atoms with van der Waals surface area (Å²) in [6.45, 7) is 1.90. The number of anilines is 1. The van der Waals surface area contributed by atoms with E-state index in [0.29, 0.717) is 11.3 Å². The normalized spacial score (nSPS) is 9.53. The van der Waals surface area contributed by atoms with Crippen LogP contribution in [-0.4, -0.2) is 15.0 Å². The molecular formula is C12H9ClN4. The fourth-order valence-electron chi connectivity index (χ4n) is 1.23. The minimum atomic E-state index is 0.248. The summed E-state index contributed by atoms with van der Waals surface area (Å²) in [5.74, 6) is 5.98. The molecule has 0 aliphatic rings. The molecule has 0 unspecified atom stereocenters. The van der Waals surface area contributed by atoms with Crippen LogP contribution in [0.5, 0.6) is 0 Å². The third-order valence-electron chi connectivity index (χ3n) is 2.03. The first-order valence-corrected chi connectivity index (χ1v) is 5.26. The topological polar surface area (TPSA) is 64.7 Å². The van der Waals surface area contributed by atoms with Crippen LogP contribution in [0, 0.1) is 18.8 Å². The largest absolute Gasteiger partial charge is 0.383 e. The molecular weight excluding hydrogens is 236 g/mol. The lowest BCUT2D eigenvalue weighted by atomic mass is 10.2. The van der Waals surface area contributed by atoms with E-state index in [1.165, 1.54) is 6.33 Å². The molecule has 5 heteroatoms. The zero-order valence-corrected chi connectivity index (χ0v) is 9.86. The van der Waals surface area contributed by atoms with E-state index in [1.54, 1.807) is 0 Å². The number of hydrogen-bond acceptors (Lipinski definition) is 4. The van der Waals surface area contributed by atoms with Crippen LogP contribution in [0.1, 0.15) is 17.0 Å². The average molecular weight is 245 g/mol. The first-order valence-electron chi connectivity index (χ1n) is 4.88. The van der Waals surface area contributed by atoms with Gasteiger partial charge in [-0.05, 0) is 25.0 Å². The zero-order chi connectivity index (χ0) is 12.3. The summed E-state index contributed by atoms with van der Waals surface area (Å²) < 4.78 is 0. The molecule has 0 saturated carbocycles. The molecule has 0 aromatic carbocycles. The van der Waals surface area contributed by atoms with Gasteiger partial charge in [0.15, 0.2) is 0 Å². The van der Waals surface area contributed by atoms with Crippen LogP contribution in [0.15, 0.2) is 24.5 Å². The van der Waals surface area contributed by atoms with Crippen LogP contribution in [0.4, 0.5) is 5.82 Å². The fourth-order valence-corrected chi connectivity index (χ4v) is 1.42. The number of nitrogens with zero attached hydrogens (tertiary/aromatic N) is 3. The van der Waals surface area contributed by atoms with Gasteiger partial charge in [0.05, 0.1) is 0 Å². The Morgan fingerprint density at radius 2 is 2.06 bits per heavy atom. The van der Waals surface area contributed by atoms with E-state index in [1.807, 2.05) is 25.1 Å². The molecule has 0 atom stereocenters. The van der Waals surface area contributed by atoms with Crippen molar-refractivity contribution in [3.63, 3.8) is 0 Å². The smallest absolute Gasteiger partial charge is 0.150 e. The molecule has 0 spiro atoms. The average Bonchev–Trinajstić information content (AvgIpc) is 2.28. The molecule has 2 N–H and O–H groups in total. The summed E-state index contributed by atoms with van der Waals surface area (Å²) >= 11 is 5.87. The number of rotatable bonds is 0. The number of nitrogens with two attached hydrogens (primary N) is 1. The predicted molar refractivity (Wildman–Crippen MR) is 66.4 cm³/mol. The van der Waals surface area contributed by atoms with E-state index in [0.717, 1.165) is 5.69 Å². The first kappa shape index (κ1) is 11.4. The van der Waals surface area contributed by atoms with Gasteiger partial charge in [0.2, 0.25) is 0 Å². The summed E-state index contributed by atoms with van der Waals surface area (Å²) in [5, 5.41) is 0.248. The molecule has 0 saturated heterocycles. The number of aryl methyl sites for hydroxylation is 1. The highest BCUT2D eigenvalue weighted by molar-refractivity contribution is 6.30. The Bertz CT molecular complexity index is 593. The Morgan fingerprint density at radius 1 is 1.24 bits per heavy atom. The molecule has 0 aliphatic carbocycles. The highest BCUT2D eigenvalue weighted by Crippen LogP contribution is 2.15. The van der Waals surface area contributed by atoms with Crippen molar-refractivity contribution in [3.05, 3.63) is 46.6 Å². The van der Waals surface area contributed by atoms with Crippen molar-refractivity contribution in [2.75, 3.05) is 5.73 Å². The lowest BCUT2D eigenvalue weighted by molar-refractivity contribution is 1.16. The van der Waals surface area contributed by atoms with E-state index in [-0.39, 0.29) is 11.0 Å². The monoisotopic (exact) mass is 244 g/mol. The van der Waals surface area contributed by atoms with E-state index >= 15 is 0 Å². The number of nitrogen functional groups attached to an aromatic ring is 1. The van der Waals surface area contributed by atoms with Crippen molar-refractivity contribution in [2.24, 2.45) is 0 Å². The summed E-state index contributed by atoms with van der Waals surface area (Å²) in [6, 6.07) is 5.60. The summed E-state index contributed by atoms with van der Waals surface area (Å²) in [5.41, 5.74) is 7.64. The third-order valence-corrected chi connectivity index (χ3v) is 2.32. The number of halogens is 1. The van der Waals surface area contributed by atoms with Gasteiger partial charge in [-0.25, -0.2) is 15.0 Å². The maximum absolute atomic E-state index is 5.87. The zero-order valence-electron chi connectivity index (χ0n) is 9.11. The number of pyridine rings is 1. The molecule has 2 rings (SSSR count). The Labute approximate surface area is 104 Å². The van der Waals surface area contributed by atoms with Crippen molar-refractivity contribution in [1.29, 1.82) is 0 Å². The Hall–Kier alpha value is -2.12. The Balaban J connectivity index is 2.40. The second kappa shape index (κ2) is 4.81. The fraction of sp³-hybridized carbons (Fsp3) is 0.0833. The van der Waals surface area contributed by atoms with E-state index in [2.05, 4.69) is 26.8 Å². The molecule has 2 aromatic heterocycles. The van der Waals surface area contributed by atoms with Crippen molar-refractivity contribution in [2.45, 2.75) is 6.92 Å². The van der Waals surface area contributed by atoms with Gasteiger partial charge >= 0.3 is 0 Å². The lowest BCUT2D eigenvalue weighted by Gasteiger charge is -1.97. The van der Waals surface area contributed by atoms with Gasteiger partial charge in [0.25, 0.3) is 0 Å². The highest BCUT2D eigenvalue weighted by atomic mass is 35.5. The molecule has 4 nitrogen and oxygen atoms in total. The van der Waals surface area contributed by atoms with Gasteiger partial charge in [0.1, 0.15) is 28.6 Å². The van der Waals surface area contributed by atoms with Gasteiger partial charge in [0, 0.05) is 5.69 Å². The van der Waals surface area contributed by atoms with Crippen molar-refractivity contribution in [1.82, 2.24) is 15.0 Å². The lowest BCUT2D eigenvalue weighted by Crippen LogP contribution is -1.96. The van der Waals surface area contributed by atoms with Gasteiger partial charge in [-0.1, -0.05) is 23.6 Å². The van der Waals surface area contributed by atoms with Gasteiger partial charge in [-0.3, -0.25) is 0 Å². The first-order chi connectivity index (χ1) is 8.16. The Morgan fingerprint density at radius 3 is 2.76 bits per heavy atom.